The lowest BCUT2D eigenvalue weighted by Gasteiger charge is -2.26. The van der Waals surface area contributed by atoms with Crippen molar-refractivity contribution in [1.82, 2.24) is 14.3 Å². The molecule has 1 saturated heterocycles. The molecule has 4 rings (SSSR count). The van der Waals surface area contributed by atoms with Gasteiger partial charge in [-0.05, 0) is 42.5 Å². The molecule has 0 bridgehead atoms. The third-order valence-corrected chi connectivity index (χ3v) is 4.95. The minimum absolute atomic E-state index is 0.00295. The number of carbonyl (C=O) groups excluding carboxylic acids is 1. The normalized spacial score (nSPS) is 14.3. The van der Waals surface area contributed by atoms with Crippen LogP contribution >= 0.6 is 11.6 Å². The number of hydrogen-bond acceptors (Lipinski definition) is 6. The van der Waals surface area contributed by atoms with Crippen LogP contribution in [0, 0.1) is 11.3 Å². The van der Waals surface area contributed by atoms with Crippen molar-refractivity contribution in [3.8, 4) is 17.7 Å². The van der Waals surface area contributed by atoms with Crippen LogP contribution in [0.3, 0.4) is 0 Å². The summed E-state index contributed by atoms with van der Waals surface area (Å²) in [5.41, 5.74) is -0.279. The van der Waals surface area contributed by atoms with E-state index in [2.05, 4.69) is 4.98 Å². The SMILES string of the molecule is N#CC(=Cc1c(Oc2ccc(Cl)cc2)nc2ccccn2c1=O)C(=O)N1CCOCC1. The molecular formula is C22H17ClN4O4. The molecule has 0 unspecified atom stereocenters. The van der Waals surface area contributed by atoms with Gasteiger partial charge in [0.1, 0.15) is 28.6 Å². The standard InChI is InChI=1S/C22H17ClN4O4/c23-16-4-6-17(7-5-16)31-20-18(22(29)27-8-2-1-3-19(27)25-20)13-15(14-24)21(28)26-9-11-30-12-10-26/h1-8,13H,9-12H2. The molecule has 0 radical (unpaired) electrons. The quantitative estimate of drug-likeness (QED) is 0.461. The summed E-state index contributed by atoms with van der Waals surface area (Å²) in [4.78, 5) is 31.9. The third kappa shape index (κ3) is 4.43. The predicted octanol–water partition coefficient (Wildman–Crippen LogP) is 2.91. The summed E-state index contributed by atoms with van der Waals surface area (Å²) in [5.74, 6) is -0.0777. The van der Waals surface area contributed by atoms with Crippen molar-refractivity contribution in [2.45, 2.75) is 0 Å². The third-order valence-electron chi connectivity index (χ3n) is 4.70. The van der Waals surface area contributed by atoms with Crippen LogP contribution in [0.1, 0.15) is 5.56 Å². The van der Waals surface area contributed by atoms with Crippen LogP contribution in [0.15, 0.2) is 59.0 Å². The maximum atomic E-state index is 13.2. The Balaban J connectivity index is 1.82. The molecule has 9 heteroatoms. The van der Waals surface area contributed by atoms with Crippen LogP contribution in [0.5, 0.6) is 11.6 Å². The number of nitriles is 1. The number of amides is 1. The number of benzene rings is 1. The molecular weight excluding hydrogens is 420 g/mol. The Kier molecular flexibility index (Phi) is 5.98. The highest BCUT2D eigenvalue weighted by atomic mass is 35.5. The van der Waals surface area contributed by atoms with Crippen molar-refractivity contribution in [2.75, 3.05) is 26.3 Å². The summed E-state index contributed by atoms with van der Waals surface area (Å²) in [5, 5.41) is 10.2. The van der Waals surface area contributed by atoms with Crippen LogP contribution in [0.25, 0.3) is 11.7 Å². The summed E-state index contributed by atoms with van der Waals surface area (Å²) in [6, 6.07) is 13.5. The van der Waals surface area contributed by atoms with Gasteiger partial charge in [-0.3, -0.25) is 14.0 Å². The Labute approximate surface area is 182 Å². The van der Waals surface area contributed by atoms with Crippen molar-refractivity contribution < 1.29 is 14.3 Å². The average Bonchev–Trinajstić information content (AvgIpc) is 2.81. The second-order valence-electron chi connectivity index (χ2n) is 6.69. The van der Waals surface area contributed by atoms with E-state index in [9.17, 15) is 14.9 Å². The summed E-state index contributed by atoms with van der Waals surface area (Å²) in [6.07, 6.45) is 2.79. The number of hydrogen-bond donors (Lipinski definition) is 0. The number of rotatable bonds is 4. The highest BCUT2D eigenvalue weighted by Gasteiger charge is 2.23. The number of carbonyl (C=O) groups is 1. The van der Waals surface area contributed by atoms with Crippen LogP contribution < -0.4 is 10.3 Å². The Morgan fingerprint density at radius 2 is 1.94 bits per heavy atom. The summed E-state index contributed by atoms with van der Waals surface area (Å²) in [6.45, 7) is 1.55. The maximum Gasteiger partial charge on any atom is 0.269 e. The fourth-order valence-corrected chi connectivity index (χ4v) is 3.25. The molecule has 1 amide bonds. The van der Waals surface area contributed by atoms with Crippen molar-refractivity contribution in [1.29, 1.82) is 5.26 Å². The molecule has 0 N–H and O–H groups in total. The molecule has 1 fully saturated rings. The van der Waals surface area contributed by atoms with Gasteiger partial charge in [-0.1, -0.05) is 17.7 Å². The van der Waals surface area contributed by atoms with Gasteiger partial charge in [0.2, 0.25) is 5.88 Å². The first kappa shape index (κ1) is 20.6. The van der Waals surface area contributed by atoms with E-state index in [1.807, 2.05) is 6.07 Å². The van der Waals surface area contributed by atoms with Crippen LogP contribution in [-0.2, 0) is 9.53 Å². The predicted molar refractivity (Wildman–Crippen MR) is 114 cm³/mol. The van der Waals surface area contributed by atoms with Crippen molar-refractivity contribution in [2.24, 2.45) is 0 Å². The highest BCUT2D eigenvalue weighted by molar-refractivity contribution is 6.30. The molecule has 0 spiro atoms. The number of morpholine rings is 1. The first-order valence-electron chi connectivity index (χ1n) is 9.50. The first-order chi connectivity index (χ1) is 15.1. The second-order valence-corrected chi connectivity index (χ2v) is 7.13. The van der Waals surface area contributed by atoms with Crippen molar-refractivity contribution in [3.05, 3.63) is 75.2 Å². The Bertz CT molecular complexity index is 1260. The van der Waals surface area contributed by atoms with E-state index in [1.165, 1.54) is 15.4 Å². The first-order valence-corrected chi connectivity index (χ1v) is 9.88. The molecule has 0 saturated carbocycles. The topological polar surface area (TPSA) is 96.9 Å². The van der Waals surface area contributed by atoms with Gasteiger partial charge in [0.05, 0.1) is 13.2 Å². The minimum Gasteiger partial charge on any atom is -0.438 e. The second kappa shape index (κ2) is 9.00. The molecule has 1 aliphatic rings. The zero-order valence-electron chi connectivity index (χ0n) is 16.3. The van der Waals surface area contributed by atoms with E-state index in [4.69, 9.17) is 21.1 Å². The monoisotopic (exact) mass is 436 g/mol. The van der Waals surface area contributed by atoms with E-state index in [-0.39, 0.29) is 17.0 Å². The smallest absolute Gasteiger partial charge is 0.269 e. The molecule has 0 aliphatic carbocycles. The molecule has 3 heterocycles. The highest BCUT2D eigenvalue weighted by Crippen LogP contribution is 2.25. The average molecular weight is 437 g/mol. The lowest BCUT2D eigenvalue weighted by atomic mass is 10.1. The zero-order chi connectivity index (χ0) is 21.8. The van der Waals surface area contributed by atoms with E-state index in [0.717, 1.165) is 0 Å². The molecule has 8 nitrogen and oxygen atoms in total. The van der Waals surface area contributed by atoms with E-state index in [0.29, 0.717) is 42.7 Å². The Hall–Kier alpha value is -3.67. The van der Waals surface area contributed by atoms with Crippen LogP contribution in [-0.4, -0.2) is 46.5 Å². The van der Waals surface area contributed by atoms with E-state index < -0.39 is 11.5 Å². The van der Waals surface area contributed by atoms with Gasteiger partial charge in [0, 0.05) is 24.3 Å². The molecule has 2 aromatic heterocycles. The Morgan fingerprint density at radius 1 is 1.19 bits per heavy atom. The number of aromatic nitrogens is 2. The molecule has 0 atom stereocenters. The van der Waals surface area contributed by atoms with Gasteiger partial charge in [-0.15, -0.1) is 0 Å². The fraction of sp³-hybridized carbons (Fsp3) is 0.182. The summed E-state index contributed by atoms with van der Waals surface area (Å²) >= 11 is 5.92. The number of pyridine rings is 1. The number of nitrogens with zero attached hydrogens (tertiary/aromatic N) is 4. The lowest BCUT2D eigenvalue weighted by molar-refractivity contribution is -0.130. The zero-order valence-corrected chi connectivity index (χ0v) is 17.1. The van der Waals surface area contributed by atoms with E-state index in [1.54, 1.807) is 48.7 Å². The summed E-state index contributed by atoms with van der Waals surface area (Å²) in [7, 11) is 0. The molecule has 1 aliphatic heterocycles. The van der Waals surface area contributed by atoms with Gasteiger partial charge >= 0.3 is 0 Å². The molecule has 1 aromatic carbocycles. The van der Waals surface area contributed by atoms with E-state index >= 15 is 0 Å². The van der Waals surface area contributed by atoms with Crippen LogP contribution in [0.2, 0.25) is 5.02 Å². The Morgan fingerprint density at radius 3 is 2.65 bits per heavy atom. The molecule has 3 aromatic rings. The van der Waals surface area contributed by atoms with Gasteiger partial charge < -0.3 is 14.4 Å². The lowest BCUT2D eigenvalue weighted by Crippen LogP contribution is -2.41. The van der Waals surface area contributed by atoms with Crippen molar-refractivity contribution >= 4 is 29.2 Å². The van der Waals surface area contributed by atoms with Gasteiger partial charge in [-0.2, -0.15) is 10.2 Å². The van der Waals surface area contributed by atoms with Gasteiger partial charge in [0.15, 0.2) is 0 Å². The van der Waals surface area contributed by atoms with Crippen LogP contribution in [0.4, 0.5) is 0 Å². The van der Waals surface area contributed by atoms with Gasteiger partial charge in [0.25, 0.3) is 11.5 Å². The molecule has 31 heavy (non-hydrogen) atoms. The maximum absolute atomic E-state index is 13.2. The summed E-state index contributed by atoms with van der Waals surface area (Å²) < 4.78 is 12.4. The number of ether oxygens (including phenoxy) is 2. The minimum atomic E-state index is -0.471. The fourth-order valence-electron chi connectivity index (χ4n) is 3.12. The van der Waals surface area contributed by atoms with Gasteiger partial charge in [-0.25, -0.2) is 0 Å². The largest absolute Gasteiger partial charge is 0.438 e. The molecule has 156 valence electrons. The number of halogens is 1. The van der Waals surface area contributed by atoms with Crippen molar-refractivity contribution in [3.63, 3.8) is 0 Å². The number of fused-ring (bicyclic) bond motifs is 1.